The number of nitrogens with zero attached hydrogens (tertiary/aromatic N) is 2. The molecule has 2 aliphatic rings. The van der Waals surface area contributed by atoms with Gasteiger partial charge in [-0.3, -0.25) is 14.6 Å². The summed E-state index contributed by atoms with van der Waals surface area (Å²) in [6, 6.07) is 7.71. The minimum Gasteiger partial charge on any atom is -0.611 e. The predicted molar refractivity (Wildman–Crippen MR) is 148 cm³/mol. The summed E-state index contributed by atoms with van der Waals surface area (Å²) in [6.45, 7) is 6.33. The zero-order chi connectivity index (χ0) is 28.9. The third-order valence-electron chi connectivity index (χ3n) is 7.11. The first kappa shape index (κ1) is 31.2. The van der Waals surface area contributed by atoms with Crippen LogP contribution in [0.5, 0.6) is 5.75 Å². The van der Waals surface area contributed by atoms with Gasteiger partial charge in [-0.25, -0.2) is 0 Å². The third kappa shape index (κ3) is 8.40. The Morgan fingerprint density at radius 3 is 2.50 bits per heavy atom. The maximum absolute atomic E-state index is 13.3. The minimum atomic E-state index is -4.96. The summed E-state index contributed by atoms with van der Waals surface area (Å²) in [7, 11) is 0. The monoisotopic (exact) mass is 621 g/mol. The Morgan fingerprint density at radius 2 is 1.85 bits per heavy atom. The van der Waals surface area contributed by atoms with E-state index in [-0.39, 0.29) is 29.2 Å². The third-order valence-corrected chi connectivity index (χ3v) is 9.09. The maximum atomic E-state index is 13.3. The summed E-state index contributed by atoms with van der Waals surface area (Å²) in [5.74, 6) is -0.783. The first-order chi connectivity index (χ1) is 19.0. The largest absolute Gasteiger partial charge is 0.611 e. The van der Waals surface area contributed by atoms with Crippen molar-refractivity contribution in [3.8, 4) is 5.75 Å². The van der Waals surface area contributed by atoms with Crippen LogP contribution < -0.4 is 10.1 Å². The molecule has 2 heterocycles. The topological polar surface area (TPSA) is 77.1 Å². The normalized spacial score (nSPS) is 18.5. The molecule has 0 aliphatic carbocycles. The molecule has 0 spiro atoms. The molecule has 4 rings (SSSR count). The Morgan fingerprint density at radius 1 is 1.15 bits per heavy atom. The van der Waals surface area contributed by atoms with E-state index in [1.165, 1.54) is 6.07 Å². The SMILES string of the molecule is CC[S+]([O-])c1ccc(Cl)cc1CNC(=O)c1cc(Cl)c(CN2CCN(C3CCOCC3)CC2)c(OC(F)(F)F)c1. The van der Waals surface area contributed by atoms with Gasteiger partial charge in [-0.1, -0.05) is 23.2 Å². The molecule has 0 saturated carbocycles. The van der Waals surface area contributed by atoms with E-state index < -0.39 is 29.2 Å². The highest BCUT2D eigenvalue weighted by Gasteiger charge is 2.34. The van der Waals surface area contributed by atoms with E-state index in [1.54, 1.807) is 25.1 Å². The molecule has 1 amide bonds. The fourth-order valence-electron chi connectivity index (χ4n) is 5.01. The number of amides is 1. The Kier molecular flexibility index (Phi) is 10.9. The van der Waals surface area contributed by atoms with Crippen molar-refractivity contribution in [3.05, 3.63) is 57.1 Å². The maximum Gasteiger partial charge on any atom is 0.573 e. The van der Waals surface area contributed by atoms with Gasteiger partial charge in [0.05, 0.1) is 0 Å². The highest BCUT2D eigenvalue weighted by Crippen LogP contribution is 2.34. The van der Waals surface area contributed by atoms with Crippen molar-refractivity contribution in [1.82, 2.24) is 15.1 Å². The summed E-state index contributed by atoms with van der Waals surface area (Å²) >= 11 is 11.3. The van der Waals surface area contributed by atoms with Crippen molar-refractivity contribution in [3.63, 3.8) is 0 Å². The second kappa shape index (κ2) is 14.0. The number of alkyl halides is 3. The molecule has 220 valence electrons. The van der Waals surface area contributed by atoms with Gasteiger partial charge in [0.25, 0.3) is 5.91 Å². The van der Waals surface area contributed by atoms with Gasteiger partial charge < -0.3 is 19.3 Å². The van der Waals surface area contributed by atoms with Gasteiger partial charge in [-0.2, -0.15) is 0 Å². The Labute approximate surface area is 245 Å². The first-order valence-electron chi connectivity index (χ1n) is 13.1. The van der Waals surface area contributed by atoms with Gasteiger partial charge in [0.2, 0.25) is 0 Å². The van der Waals surface area contributed by atoms with Crippen LogP contribution in [-0.2, 0) is 29.0 Å². The van der Waals surface area contributed by atoms with Crippen LogP contribution >= 0.6 is 23.2 Å². The Bertz CT molecular complexity index is 1180. The highest BCUT2D eigenvalue weighted by molar-refractivity contribution is 7.91. The molecule has 1 unspecified atom stereocenters. The average Bonchev–Trinajstić information content (AvgIpc) is 2.93. The van der Waals surface area contributed by atoms with E-state index >= 15 is 0 Å². The molecule has 2 aromatic rings. The summed E-state index contributed by atoms with van der Waals surface area (Å²) in [5, 5.41) is 3.08. The van der Waals surface area contributed by atoms with Crippen LogP contribution in [0.15, 0.2) is 35.2 Å². The fourth-order valence-corrected chi connectivity index (χ4v) is 6.43. The number of carbonyl (C=O) groups excluding carboxylic acids is 1. The van der Waals surface area contributed by atoms with Crippen LogP contribution in [0.25, 0.3) is 0 Å². The molecular formula is C27H32Cl2F3N3O4S. The van der Waals surface area contributed by atoms with Gasteiger partial charge in [-0.05, 0) is 61.3 Å². The number of nitrogens with one attached hydrogen (secondary N) is 1. The van der Waals surface area contributed by atoms with Crippen molar-refractivity contribution in [2.24, 2.45) is 0 Å². The quantitative estimate of drug-likeness (QED) is 0.386. The second-order valence-corrected chi connectivity index (χ2v) is 12.3. The number of carbonyl (C=O) groups is 1. The molecule has 40 heavy (non-hydrogen) atoms. The summed E-state index contributed by atoms with van der Waals surface area (Å²) in [4.78, 5) is 17.9. The first-order valence-corrected chi connectivity index (χ1v) is 15.2. The molecule has 0 bridgehead atoms. The van der Waals surface area contributed by atoms with Gasteiger partial charge >= 0.3 is 6.36 Å². The molecule has 2 aromatic carbocycles. The molecule has 1 atom stereocenters. The van der Waals surface area contributed by atoms with Crippen molar-refractivity contribution in [2.75, 3.05) is 45.1 Å². The van der Waals surface area contributed by atoms with Crippen LogP contribution in [0.3, 0.4) is 0 Å². The number of hydrogen-bond donors (Lipinski definition) is 1. The van der Waals surface area contributed by atoms with Crippen molar-refractivity contribution in [1.29, 1.82) is 0 Å². The molecule has 13 heteroatoms. The lowest BCUT2D eigenvalue weighted by Gasteiger charge is -2.40. The van der Waals surface area contributed by atoms with Crippen LogP contribution in [0, 0.1) is 0 Å². The molecule has 0 aromatic heterocycles. The molecule has 1 N–H and O–H groups in total. The van der Waals surface area contributed by atoms with E-state index in [0.717, 1.165) is 45.2 Å². The van der Waals surface area contributed by atoms with Gasteiger partial charge in [0, 0.05) is 85.3 Å². The number of ether oxygens (including phenoxy) is 2. The highest BCUT2D eigenvalue weighted by atomic mass is 35.5. The molecule has 2 aliphatic heterocycles. The van der Waals surface area contributed by atoms with Crippen molar-refractivity contribution < 1.29 is 32.0 Å². The van der Waals surface area contributed by atoms with Crippen molar-refractivity contribution in [2.45, 2.75) is 50.2 Å². The van der Waals surface area contributed by atoms with E-state index in [0.29, 0.717) is 40.4 Å². The van der Waals surface area contributed by atoms with E-state index in [9.17, 15) is 22.5 Å². The van der Waals surface area contributed by atoms with Crippen LogP contribution in [0.2, 0.25) is 10.0 Å². The van der Waals surface area contributed by atoms with Gasteiger partial charge in [0.15, 0.2) is 4.90 Å². The van der Waals surface area contributed by atoms with Gasteiger partial charge in [0.1, 0.15) is 11.5 Å². The molecule has 2 fully saturated rings. The smallest absolute Gasteiger partial charge is 0.573 e. The molecule has 2 saturated heterocycles. The summed E-state index contributed by atoms with van der Waals surface area (Å²) in [5.41, 5.74) is 0.637. The lowest BCUT2D eigenvalue weighted by atomic mass is 10.1. The van der Waals surface area contributed by atoms with E-state index in [4.69, 9.17) is 27.9 Å². The predicted octanol–water partition coefficient (Wildman–Crippen LogP) is 5.25. The lowest BCUT2D eigenvalue weighted by molar-refractivity contribution is -0.275. The summed E-state index contributed by atoms with van der Waals surface area (Å²) in [6.07, 6.45) is -3.00. The second-order valence-electron chi connectivity index (χ2n) is 9.71. The van der Waals surface area contributed by atoms with Crippen LogP contribution in [0.1, 0.15) is 41.3 Å². The molecule has 0 radical (unpaired) electrons. The van der Waals surface area contributed by atoms with E-state index in [2.05, 4.69) is 15.0 Å². The van der Waals surface area contributed by atoms with Crippen LogP contribution in [0.4, 0.5) is 13.2 Å². The average molecular weight is 623 g/mol. The number of hydrogen-bond acceptors (Lipinski definition) is 6. The molecule has 7 nitrogen and oxygen atoms in total. The Balaban J connectivity index is 1.47. The van der Waals surface area contributed by atoms with Gasteiger partial charge in [-0.15, -0.1) is 13.2 Å². The number of halogens is 5. The number of piperazine rings is 1. The molecular weight excluding hydrogens is 590 g/mol. The van der Waals surface area contributed by atoms with E-state index in [1.807, 2.05) is 4.90 Å². The minimum absolute atomic E-state index is 0.00860. The van der Waals surface area contributed by atoms with Crippen molar-refractivity contribution >= 4 is 40.3 Å². The van der Waals surface area contributed by atoms with Crippen LogP contribution in [-0.4, -0.2) is 77.8 Å². The Hall–Kier alpha value is -1.73. The standard InChI is InChI=1S/C27H32Cl2F3N3O4S/c1-2-40(37)25-4-3-20(28)13-19(25)16-33-26(36)18-14-23(29)22(24(15-18)39-27(30,31)32)17-34-7-9-35(10-8-34)21-5-11-38-12-6-21/h3-4,13-15,21H,2,5-12,16-17H2,1H3,(H,33,36). The zero-order valence-corrected chi connectivity index (χ0v) is 24.4. The summed E-state index contributed by atoms with van der Waals surface area (Å²) < 4.78 is 62.2. The lowest BCUT2D eigenvalue weighted by Crippen LogP contribution is -2.51. The number of rotatable bonds is 9. The zero-order valence-electron chi connectivity index (χ0n) is 22.1. The number of benzene rings is 2. The fraction of sp³-hybridized carbons (Fsp3) is 0.519.